The van der Waals surface area contributed by atoms with E-state index in [1.165, 1.54) is 29.9 Å². The van der Waals surface area contributed by atoms with Gasteiger partial charge in [0.25, 0.3) is 5.69 Å². The van der Waals surface area contributed by atoms with E-state index in [0.717, 1.165) is 0 Å². The second kappa shape index (κ2) is 7.70. The van der Waals surface area contributed by atoms with Crippen LogP contribution in [0.2, 0.25) is 0 Å². The molecule has 0 aliphatic carbocycles. The van der Waals surface area contributed by atoms with Crippen LogP contribution in [0.4, 0.5) is 17.1 Å². The molecule has 0 saturated heterocycles. The van der Waals surface area contributed by atoms with Gasteiger partial charge in [0.2, 0.25) is 5.91 Å². The van der Waals surface area contributed by atoms with Crippen molar-refractivity contribution < 1.29 is 14.6 Å². The average molecular weight is 477 g/mol. The van der Waals surface area contributed by atoms with E-state index < -0.39 is 9.85 Å². The lowest BCUT2D eigenvalue weighted by atomic mass is 10.2. The van der Waals surface area contributed by atoms with Crippen molar-refractivity contribution in [2.24, 2.45) is 0 Å². The zero-order chi connectivity index (χ0) is 18.7. The van der Waals surface area contributed by atoms with Gasteiger partial charge in [-0.2, -0.15) is 5.10 Å². The van der Waals surface area contributed by atoms with Crippen LogP contribution in [0.5, 0.6) is 0 Å². The van der Waals surface area contributed by atoms with Gasteiger partial charge in [0.05, 0.1) is 15.5 Å². The fourth-order valence-electron chi connectivity index (χ4n) is 2.00. The predicted octanol–water partition coefficient (Wildman–Crippen LogP) is 3.56. The molecule has 0 unspecified atom stereocenters. The highest BCUT2D eigenvalue weighted by molar-refractivity contribution is 9.11. The lowest BCUT2D eigenvalue weighted by Crippen LogP contribution is -2.15. The summed E-state index contributed by atoms with van der Waals surface area (Å²) < 4.78 is 2.03. The molecule has 12 heteroatoms. The lowest BCUT2D eigenvalue weighted by Gasteiger charge is -2.09. The number of nitrogens with one attached hydrogen (secondary N) is 1. The third-order valence-corrected chi connectivity index (χ3v) is 4.44. The number of aryl methyl sites for hydroxylation is 2. The summed E-state index contributed by atoms with van der Waals surface area (Å²) in [6.45, 7) is 1.67. The molecule has 0 aliphatic rings. The molecule has 0 fully saturated rings. The Hall–Kier alpha value is -2.34. The van der Waals surface area contributed by atoms with Crippen LogP contribution in [0, 0.1) is 27.2 Å². The van der Waals surface area contributed by atoms with Gasteiger partial charge in [0, 0.05) is 34.0 Å². The fraction of sp³-hybridized carbons (Fsp3) is 0.231. The number of carbonyl (C=O) groups is 1. The van der Waals surface area contributed by atoms with Crippen molar-refractivity contribution in [3.05, 3.63) is 53.2 Å². The second-order valence-electron chi connectivity index (χ2n) is 4.96. The van der Waals surface area contributed by atoms with E-state index in [1.54, 1.807) is 0 Å². The summed E-state index contributed by atoms with van der Waals surface area (Å²) in [6.07, 6.45) is 1.29. The van der Waals surface area contributed by atoms with E-state index in [9.17, 15) is 25.0 Å². The Morgan fingerprint density at radius 2 is 1.84 bits per heavy atom. The van der Waals surface area contributed by atoms with Crippen LogP contribution in [0.3, 0.4) is 0 Å². The van der Waals surface area contributed by atoms with Crippen LogP contribution in [0.15, 0.2) is 27.3 Å². The Morgan fingerprint density at radius 3 is 2.32 bits per heavy atom. The molecule has 0 radical (unpaired) electrons. The first-order valence-corrected chi connectivity index (χ1v) is 8.39. The molecule has 0 spiro atoms. The van der Waals surface area contributed by atoms with E-state index in [2.05, 4.69) is 42.3 Å². The van der Waals surface area contributed by atoms with Crippen LogP contribution >= 0.6 is 31.9 Å². The number of nitrogens with zero attached hydrogens (tertiary/aromatic N) is 4. The number of carbonyl (C=O) groups excluding carboxylic acids is 1. The first-order valence-electron chi connectivity index (χ1n) is 6.80. The van der Waals surface area contributed by atoms with Crippen LogP contribution in [-0.4, -0.2) is 25.5 Å². The van der Waals surface area contributed by atoms with Crippen molar-refractivity contribution in [2.75, 3.05) is 5.32 Å². The van der Waals surface area contributed by atoms with E-state index in [1.807, 2.05) is 0 Å². The number of rotatable bonds is 6. The van der Waals surface area contributed by atoms with Crippen molar-refractivity contribution >= 4 is 54.8 Å². The summed E-state index contributed by atoms with van der Waals surface area (Å²) in [4.78, 5) is 32.6. The normalized spacial score (nSPS) is 10.5. The first kappa shape index (κ1) is 19.0. The summed E-state index contributed by atoms with van der Waals surface area (Å²) in [5.41, 5.74) is 0.391. The molecule has 2 aromatic rings. The van der Waals surface area contributed by atoms with Crippen LogP contribution < -0.4 is 5.32 Å². The number of amides is 1. The number of non-ortho nitro benzene ring substituents is 1. The van der Waals surface area contributed by atoms with E-state index >= 15 is 0 Å². The van der Waals surface area contributed by atoms with Crippen molar-refractivity contribution in [1.82, 2.24) is 9.78 Å². The molecule has 1 N–H and O–H groups in total. The average Bonchev–Trinajstić information content (AvgIpc) is 2.89. The maximum atomic E-state index is 12.1. The van der Waals surface area contributed by atoms with Crippen LogP contribution in [0.25, 0.3) is 0 Å². The van der Waals surface area contributed by atoms with Crippen LogP contribution in [-0.2, 0) is 11.3 Å². The van der Waals surface area contributed by atoms with E-state index in [4.69, 9.17) is 0 Å². The summed E-state index contributed by atoms with van der Waals surface area (Å²) in [6, 6.07) is 2.56. The maximum Gasteiger partial charge on any atom is 0.309 e. The summed E-state index contributed by atoms with van der Waals surface area (Å²) in [5, 5.41) is 28.2. The maximum absolute atomic E-state index is 12.1. The highest BCUT2D eigenvalue weighted by Gasteiger charge is 2.18. The molecule has 1 aromatic carbocycles. The number of hydrogen-bond acceptors (Lipinski definition) is 6. The molecule has 1 aromatic heterocycles. The van der Waals surface area contributed by atoms with Crippen LogP contribution in [0.1, 0.15) is 12.1 Å². The van der Waals surface area contributed by atoms with Gasteiger partial charge in [-0.1, -0.05) is 0 Å². The number of halogens is 2. The summed E-state index contributed by atoms with van der Waals surface area (Å²) in [5.74, 6) is -0.369. The molecular formula is C13H11Br2N5O5. The number of aromatic nitrogens is 2. The van der Waals surface area contributed by atoms with Gasteiger partial charge in [-0.25, -0.2) is 0 Å². The Balaban J connectivity index is 2.05. The molecule has 0 atom stereocenters. The standard InChI is InChI=1S/C13H11Br2N5O5/c1-7-11(20(24)25)6-18(17-7)3-2-12(21)16-13-9(14)4-8(19(22)23)5-10(13)15/h4-6H,2-3H2,1H3,(H,16,21). The second-order valence-corrected chi connectivity index (χ2v) is 6.67. The van der Waals surface area contributed by atoms with Gasteiger partial charge in [0.15, 0.2) is 0 Å². The molecule has 1 heterocycles. The molecule has 132 valence electrons. The van der Waals surface area contributed by atoms with E-state index in [0.29, 0.717) is 14.6 Å². The SMILES string of the molecule is Cc1nn(CCC(=O)Nc2c(Br)cc([N+](=O)[O-])cc2Br)cc1[N+](=O)[O-]. The highest BCUT2D eigenvalue weighted by atomic mass is 79.9. The zero-order valence-corrected chi connectivity index (χ0v) is 15.9. The number of nitro benzene ring substituents is 1. The van der Waals surface area contributed by atoms with Crippen molar-refractivity contribution in [3.63, 3.8) is 0 Å². The van der Waals surface area contributed by atoms with Gasteiger partial charge in [0.1, 0.15) is 11.9 Å². The summed E-state index contributed by atoms with van der Waals surface area (Å²) >= 11 is 6.36. The Labute approximate surface area is 157 Å². The highest BCUT2D eigenvalue weighted by Crippen LogP contribution is 2.35. The van der Waals surface area contributed by atoms with Crippen molar-refractivity contribution in [3.8, 4) is 0 Å². The van der Waals surface area contributed by atoms with E-state index in [-0.39, 0.29) is 35.9 Å². The number of anilines is 1. The largest absolute Gasteiger partial charge is 0.324 e. The lowest BCUT2D eigenvalue weighted by molar-refractivity contribution is -0.385. The minimum atomic E-state index is -0.548. The van der Waals surface area contributed by atoms with Gasteiger partial charge in [-0.3, -0.25) is 29.7 Å². The van der Waals surface area contributed by atoms with Gasteiger partial charge < -0.3 is 5.32 Å². The molecular weight excluding hydrogens is 466 g/mol. The van der Waals surface area contributed by atoms with Gasteiger partial charge in [-0.15, -0.1) is 0 Å². The Kier molecular flexibility index (Phi) is 5.85. The third-order valence-electron chi connectivity index (χ3n) is 3.19. The smallest absolute Gasteiger partial charge is 0.309 e. The molecule has 0 aliphatic heterocycles. The summed E-state index contributed by atoms with van der Waals surface area (Å²) in [7, 11) is 0. The number of nitro groups is 2. The first-order chi connectivity index (χ1) is 11.7. The minimum Gasteiger partial charge on any atom is -0.324 e. The monoisotopic (exact) mass is 475 g/mol. The molecule has 0 bridgehead atoms. The number of hydrogen-bond donors (Lipinski definition) is 1. The fourth-order valence-corrected chi connectivity index (χ4v) is 3.36. The quantitative estimate of drug-likeness (QED) is 0.500. The topological polar surface area (TPSA) is 133 Å². The minimum absolute atomic E-state index is 0.0220. The predicted molar refractivity (Wildman–Crippen MR) is 95.4 cm³/mol. The molecule has 2 rings (SSSR count). The molecule has 25 heavy (non-hydrogen) atoms. The zero-order valence-electron chi connectivity index (χ0n) is 12.7. The van der Waals surface area contributed by atoms with Gasteiger partial charge >= 0.3 is 5.69 Å². The molecule has 1 amide bonds. The van der Waals surface area contributed by atoms with Crippen molar-refractivity contribution in [1.29, 1.82) is 0 Å². The third kappa shape index (κ3) is 4.60. The van der Waals surface area contributed by atoms with Gasteiger partial charge in [-0.05, 0) is 38.8 Å². The number of benzene rings is 1. The Bertz CT molecular complexity index is 843. The van der Waals surface area contributed by atoms with Crippen molar-refractivity contribution in [2.45, 2.75) is 19.9 Å². The molecule has 10 nitrogen and oxygen atoms in total. The molecule has 0 saturated carbocycles. The Morgan fingerprint density at radius 1 is 1.24 bits per heavy atom.